The Hall–Kier alpha value is -1.81. The number of carbonyl (C=O) groups excluding carboxylic acids is 1. The molecule has 0 radical (unpaired) electrons. The smallest absolute Gasteiger partial charge is 0.163 e. The maximum Gasteiger partial charge on any atom is 0.163 e. The average Bonchev–Trinajstić information content (AvgIpc) is 2.27. The zero-order valence-electron chi connectivity index (χ0n) is 9.73. The highest BCUT2D eigenvalue weighted by atomic mass is 16.5. The normalized spacial score (nSPS) is 21.8. The van der Waals surface area contributed by atoms with Gasteiger partial charge in [-0.15, -0.1) is 0 Å². The summed E-state index contributed by atoms with van der Waals surface area (Å²) in [6.07, 6.45) is 3.51. The third-order valence-corrected chi connectivity index (χ3v) is 2.78. The van der Waals surface area contributed by atoms with Crippen molar-refractivity contribution in [3.8, 4) is 11.5 Å². The highest BCUT2D eigenvalue weighted by Crippen LogP contribution is 2.35. The monoisotopic (exact) mass is 234 g/mol. The van der Waals surface area contributed by atoms with Gasteiger partial charge in [-0.1, -0.05) is 6.08 Å². The number of benzene rings is 1. The molecule has 1 aliphatic heterocycles. The summed E-state index contributed by atoms with van der Waals surface area (Å²) >= 11 is 0. The van der Waals surface area contributed by atoms with Gasteiger partial charge in [0.15, 0.2) is 5.78 Å². The lowest BCUT2D eigenvalue weighted by Crippen LogP contribution is -2.35. The topological polar surface area (TPSA) is 66.8 Å². The first-order valence-electron chi connectivity index (χ1n) is 5.32. The highest BCUT2D eigenvalue weighted by Gasteiger charge is 2.27. The summed E-state index contributed by atoms with van der Waals surface area (Å²) in [7, 11) is 0. The van der Waals surface area contributed by atoms with Crippen LogP contribution in [0, 0.1) is 0 Å². The zero-order valence-corrected chi connectivity index (χ0v) is 9.73. The third-order valence-electron chi connectivity index (χ3n) is 2.78. The number of phenolic OH excluding ortho intramolecular Hbond substituents is 1. The Bertz CT molecular complexity index is 504. The number of Topliss-reactive ketones (excluding diaryl/α,β-unsaturated/α-hetero) is 1. The van der Waals surface area contributed by atoms with Crippen LogP contribution < -0.4 is 4.74 Å². The van der Waals surface area contributed by atoms with Gasteiger partial charge in [-0.05, 0) is 26.0 Å². The van der Waals surface area contributed by atoms with Crippen LogP contribution in [-0.4, -0.2) is 28.2 Å². The largest absolute Gasteiger partial charge is 0.507 e. The predicted octanol–water partition coefficient (Wildman–Crippen LogP) is 1.75. The van der Waals surface area contributed by atoms with Crippen LogP contribution in [-0.2, 0) is 0 Å². The van der Waals surface area contributed by atoms with E-state index >= 15 is 0 Å². The molecular weight excluding hydrogens is 220 g/mol. The molecule has 1 aliphatic rings. The van der Waals surface area contributed by atoms with E-state index in [1.807, 2.05) is 0 Å². The summed E-state index contributed by atoms with van der Waals surface area (Å²) in [4.78, 5) is 11.3. The summed E-state index contributed by atoms with van der Waals surface area (Å²) in [6.45, 7) is 2.98. The number of phenols is 1. The van der Waals surface area contributed by atoms with Gasteiger partial charge in [0.1, 0.15) is 17.1 Å². The van der Waals surface area contributed by atoms with Crippen LogP contribution in [0.25, 0.3) is 6.08 Å². The molecule has 0 fully saturated rings. The van der Waals surface area contributed by atoms with Crippen molar-refractivity contribution in [3.63, 3.8) is 0 Å². The van der Waals surface area contributed by atoms with E-state index in [1.54, 1.807) is 25.1 Å². The van der Waals surface area contributed by atoms with Crippen molar-refractivity contribution in [3.05, 3.63) is 29.3 Å². The van der Waals surface area contributed by atoms with Gasteiger partial charge in [-0.3, -0.25) is 4.79 Å². The number of hydrogen-bond acceptors (Lipinski definition) is 4. The second-order valence-electron chi connectivity index (χ2n) is 4.37. The van der Waals surface area contributed by atoms with Gasteiger partial charge in [-0.25, -0.2) is 0 Å². The molecule has 4 heteroatoms. The van der Waals surface area contributed by atoms with Gasteiger partial charge < -0.3 is 14.9 Å². The fourth-order valence-corrected chi connectivity index (χ4v) is 1.72. The number of ketones is 1. The molecule has 0 saturated heterocycles. The van der Waals surface area contributed by atoms with Gasteiger partial charge in [0.2, 0.25) is 0 Å². The van der Waals surface area contributed by atoms with Crippen molar-refractivity contribution in [1.82, 2.24) is 0 Å². The van der Waals surface area contributed by atoms with Crippen LogP contribution in [0.15, 0.2) is 18.2 Å². The van der Waals surface area contributed by atoms with Crippen molar-refractivity contribution in [1.29, 1.82) is 0 Å². The van der Waals surface area contributed by atoms with Crippen molar-refractivity contribution < 1.29 is 19.7 Å². The molecule has 2 N–H and O–H groups in total. The van der Waals surface area contributed by atoms with Gasteiger partial charge in [0, 0.05) is 11.6 Å². The zero-order chi connectivity index (χ0) is 12.6. The maximum atomic E-state index is 11.3. The Morgan fingerprint density at radius 3 is 2.76 bits per heavy atom. The number of hydrogen-bond donors (Lipinski definition) is 2. The SMILES string of the molecule is CC(=O)c1cc2c(cc1O)OC(C)(CO)C=C2. The Balaban J connectivity index is 2.49. The van der Waals surface area contributed by atoms with Gasteiger partial charge in [0.05, 0.1) is 12.2 Å². The molecule has 17 heavy (non-hydrogen) atoms. The molecular formula is C13H14O4. The Morgan fingerprint density at radius 1 is 1.47 bits per heavy atom. The van der Waals surface area contributed by atoms with Crippen LogP contribution in [0.5, 0.6) is 11.5 Å². The number of aliphatic hydroxyl groups excluding tert-OH is 1. The molecule has 1 aromatic rings. The van der Waals surface area contributed by atoms with Crippen LogP contribution >= 0.6 is 0 Å². The maximum absolute atomic E-state index is 11.3. The number of rotatable bonds is 2. The summed E-state index contributed by atoms with van der Waals surface area (Å²) in [6, 6.07) is 2.99. The number of aromatic hydroxyl groups is 1. The Kier molecular flexibility index (Phi) is 2.67. The molecule has 0 spiro atoms. The lowest BCUT2D eigenvalue weighted by Gasteiger charge is -2.30. The summed E-state index contributed by atoms with van der Waals surface area (Å²) in [5.74, 6) is 0.160. The molecule has 0 bridgehead atoms. The number of aliphatic hydroxyl groups is 1. The summed E-state index contributed by atoms with van der Waals surface area (Å²) < 4.78 is 5.58. The highest BCUT2D eigenvalue weighted by molar-refractivity contribution is 5.97. The average molecular weight is 234 g/mol. The number of fused-ring (bicyclic) bond motifs is 1. The first kappa shape index (κ1) is 11.7. The lowest BCUT2D eigenvalue weighted by atomic mass is 9.98. The first-order valence-corrected chi connectivity index (χ1v) is 5.32. The predicted molar refractivity (Wildman–Crippen MR) is 63.3 cm³/mol. The van der Waals surface area contributed by atoms with Gasteiger partial charge in [0.25, 0.3) is 0 Å². The van der Waals surface area contributed by atoms with E-state index in [0.717, 1.165) is 5.56 Å². The van der Waals surface area contributed by atoms with Crippen molar-refractivity contribution in [2.45, 2.75) is 19.4 Å². The Labute approximate surface area is 99.2 Å². The van der Waals surface area contributed by atoms with Crippen molar-refractivity contribution >= 4 is 11.9 Å². The molecule has 0 aliphatic carbocycles. The van der Waals surface area contributed by atoms with E-state index in [9.17, 15) is 15.0 Å². The number of ether oxygens (including phenoxy) is 1. The molecule has 0 amide bonds. The molecule has 0 saturated carbocycles. The minimum absolute atomic E-state index is 0.105. The second kappa shape index (κ2) is 3.89. The molecule has 0 aromatic heterocycles. The van der Waals surface area contributed by atoms with Crippen LogP contribution in [0.4, 0.5) is 0 Å². The fourth-order valence-electron chi connectivity index (χ4n) is 1.72. The van der Waals surface area contributed by atoms with Gasteiger partial charge >= 0.3 is 0 Å². The van der Waals surface area contributed by atoms with E-state index in [0.29, 0.717) is 5.75 Å². The molecule has 1 atom stereocenters. The van der Waals surface area contributed by atoms with Gasteiger partial charge in [-0.2, -0.15) is 0 Å². The minimum atomic E-state index is -0.781. The van der Waals surface area contributed by atoms with Crippen LogP contribution in [0.1, 0.15) is 29.8 Å². The van der Waals surface area contributed by atoms with Crippen LogP contribution in [0.2, 0.25) is 0 Å². The van der Waals surface area contributed by atoms with E-state index in [4.69, 9.17) is 4.74 Å². The molecule has 2 rings (SSSR count). The molecule has 90 valence electrons. The second-order valence-corrected chi connectivity index (χ2v) is 4.37. The number of carbonyl (C=O) groups is 1. The van der Waals surface area contributed by atoms with E-state index in [1.165, 1.54) is 13.0 Å². The minimum Gasteiger partial charge on any atom is -0.507 e. The summed E-state index contributed by atoms with van der Waals surface area (Å²) in [5.41, 5.74) is 0.209. The molecule has 1 aromatic carbocycles. The van der Waals surface area contributed by atoms with E-state index in [2.05, 4.69) is 0 Å². The standard InChI is InChI=1S/C13H14O4/c1-8(15)10-5-9-3-4-13(2,7-14)17-12(9)6-11(10)16/h3-6,14,16H,7H2,1-2H3. The van der Waals surface area contributed by atoms with Crippen molar-refractivity contribution in [2.75, 3.05) is 6.61 Å². The van der Waals surface area contributed by atoms with Crippen molar-refractivity contribution in [2.24, 2.45) is 0 Å². The molecule has 1 unspecified atom stereocenters. The Morgan fingerprint density at radius 2 is 2.18 bits per heavy atom. The quantitative estimate of drug-likeness (QED) is 0.765. The first-order chi connectivity index (χ1) is 7.95. The third kappa shape index (κ3) is 2.03. The summed E-state index contributed by atoms with van der Waals surface area (Å²) in [5, 5.41) is 18.9. The van der Waals surface area contributed by atoms with Crippen LogP contribution in [0.3, 0.4) is 0 Å². The molecule has 1 heterocycles. The van der Waals surface area contributed by atoms with E-state index < -0.39 is 5.60 Å². The molecule has 4 nitrogen and oxygen atoms in total. The fraction of sp³-hybridized carbons (Fsp3) is 0.308. The lowest BCUT2D eigenvalue weighted by molar-refractivity contribution is 0.0638. The van der Waals surface area contributed by atoms with E-state index in [-0.39, 0.29) is 23.7 Å².